The van der Waals surface area contributed by atoms with Crippen LogP contribution in [0.5, 0.6) is 0 Å². The summed E-state index contributed by atoms with van der Waals surface area (Å²) in [5, 5.41) is 13.4. The van der Waals surface area contributed by atoms with Gasteiger partial charge in [-0.1, -0.05) is 43.5 Å². The van der Waals surface area contributed by atoms with Crippen molar-refractivity contribution in [1.82, 2.24) is 4.98 Å². The molecule has 3 aromatic carbocycles. The number of hydrogen-bond acceptors (Lipinski definition) is 3. The van der Waals surface area contributed by atoms with E-state index in [0.29, 0.717) is 18.4 Å². The molecule has 0 unspecified atom stereocenters. The van der Waals surface area contributed by atoms with Gasteiger partial charge in [0.2, 0.25) is 0 Å². The minimum atomic E-state index is -0.932. The van der Waals surface area contributed by atoms with Crippen molar-refractivity contribution in [2.24, 2.45) is 4.99 Å². The van der Waals surface area contributed by atoms with Gasteiger partial charge in [-0.3, -0.25) is 9.98 Å². The number of aromatic nitrogens is 1. The number of carbonyl (C=O) groups is 1. The van der Waals surface area contributed by atoms with Gasteiger partial charge in [-0.2, -0.15) is 0 Å². The van der Waals surface area contributed by atoms with E-state index in [1.54, 1.807) is 12.4 Å². The Kier molecular flexibility index (Phi) is 5.72. The van der Waals surface area contributed by atoms with Crippen LogP contribution in [-0.4, -0.2) is 22.3 Å². The van der Waals surface area contributed by atoms with Crippen molar-refractivity contribution in [3.63, 3.8) is 0 Å². The minimum Gasteiger partial charge on any atom is -0.478 e. The lowest BCUT2D eigenvalue weighted by atomic mass is 9.92. The molecule has 31 heavy (non-hydrogen) atoms. The van der Waals surface area contributed by atoms with Crippen LogP contribution in [-0.2, 0) is 12.8 Å². The minimum absolute atomic E-state index is 0.327. The summed E-state index contributed by atoms with van der Waals surface area (Å²) in [6, 6.07) is 17.9. The average molecular weight is 406 g/mol. The molecule has 4 nitrogen and oxygen atoms in total. The molecule has 4 heteroatoms. The van der Waals surface area contributed by atoms with E-state index < -0.39 is 5.97 Å². The molecule has 4 rings (SSSR count). The van der Waals surface area contributed by atoms with Gasteiger partial charge >= 0.3 is 5.97 Å². The van der Waals surface area contributed by atoms with Crippen LogP contribution in [0.15, 0.2) is 96.9 Å². The number of aliphatic imine (C=N–C) groups is 1. The molecule has 0 atom stereocenters. The fraction of sp³-hybridized carbons (Fsp3) is 0.0741. The Morgan fingerprint density at radius 2 is 1.71 bits per heavy atom. The molecular formula is C27H22N2O2. The van der Waals surface area contributed by atoms with E-state index in [4.69, 9.17) is 0 Å². The van der Waals surface area contributed by atoms with Crippen molar-refractivity contribution >= 4 is 33.7 Å². The topological polar surface area (TPSA) is 62.5 Å². The summed E-state index contributed by atoms with van der Waals surface area (Å²) in [4.78, 5) is 20.5. The van der Waals surface area contributed by atoms with E-state index in [1.807, 2.05) is 60.8 Å². The Labute approximate surface area is 180 Å². The molecule has 0 spiro atoms. The van der Waals surface area contributed by atoms with Crippen LogP contribution in [0.1, 0.15) is 27.0 Å². The lowest BCUT2D eigenvalue weighted by Gasteiger charge is -2.12. The molecule has 0 aliphatic heterocycles. The van der Waals surface area contributed by atoms with E-state index in [-0.39, 0.29) is 0 Å². The van der Waals surface area contributed by atoms with Crippen LogP contribution in [0.3, 0.4) is 0 Å². The van der Waals surface area contributed by atoms with Crippen molar-refractivity contribution in [3.8, 4) is 0 Å². The maximum absolute atomic E-state index is 12.3. The molecule has 1 N–H and O–H groups in total. The van der Waals surface area contributed by atoms with Gasteiger partial charge in [0.05, 0.1) is 5.56 Å². The van der Waals surface area contributed by atoms with Crippen LogP contribution in [0.4, 0.5) is 0 Å². The van der Waals surface area contributed by atoms with Gasteiger partial charge in [-0.25, -0.2) is 4.79 Å². The average Bonchev–Trinajstić information content (AvgIpc) is 2.76. The summed E-state index contributed by atoms with van der Waals surface area (Å²) < 4.78 is 0. The molecule has 152 valence electrons. The van der Waals surface area contributed by atoms with Crippen LogP contribution in [0.25, 0.3) is 21.5 Å². The fourth-order valence-corrected chi connectivity index (χ4v) is 3.86. The van der Waals surface area contributed by atoms with Gasteiger partial charge in [-0.05, 0) is 80.9 Å². The molecule has 0 saturated carbocycles. The SMILES string of the molecule is C=CN=CC(=C)Cc1ccc2cc3ccc(Cc4cccnc4)cc3c(C(=O)O)c2c1. The lowest BCUT2D eigenvalue weighted by molar-refractivity contribution is 0.0701. The Morgan fingerprint density at radius 3 is 2.35 bits per heavy atom. The first-order chi connectivity index (χ1) is 15.0. The van der Waals surface area contributed by atoms with Crippen molar-refractivity contribution in [2.45, 2.75) is 12.8 Å². The zero-order valence-corrected chi connectivity index (χ0v) is 17.1. The molecule has 0 radical (unpaired) electrons. The normalized spacial score (nSPS) is 11.2. The summed E-state index contributed by atoms with van der Waals surface area (Å²) in [5.41, 5.74) is 4.28. The maximum atomic E-state index is 12.3. The molecule has 0 bridgehead atoms. The van der Waals surface area contributed by atoms with Crippen molar-refractivity contribution in [3.05, 3.63) is 114 Å². The maximum Gasteiger partial charge on any atom is 0.336 e. The van der Waals surface area contributed by atoms with Gasteiger partial charge in [0.15, 0.2) is 0 Å². The second kappa shape index (κ2) is 8.76. The number of aromatic carboxylic acids is 1. The number of carboxylic acids is 1. The number of fused-ring (bicyclic) bond motifs is 2. The highest BCUT2D eigenvalue weighted by Crippen LogP contribution is 2.31. The monoisotopic (exact) mass is 406 g/mol. The summed E-state index contributed by atoms with van der Waals surface area (Å²) in [6.45, 7) is 7.57. The summed E-state index contributed by atoms with van der Waals surface area (Å²) in [6.07, 6.45) is 7.99. The zero-order valence-electron chi connectivity index (χ0n) is 17.1. The first kappa shape index (κ1) is 20.2. The molecule has 0 saturated heterocycles. The highest BCUT2D eigenvalue weighted by Gasteiger charge is 2.15. The molecule has 0 amide bonds. The number of benzene rings is 3. The Hall–Kier alpha value is -4.05. The van der Waals surface area contributed by atoms with Crippen molar-refractivity contribution in [2.75, 3.05) is 0 Å². The Morgan fingerprint density at radius 1 is 1.00 bits per heavy atom. The summed E-state index contributed by atoms with van der Waals surface area (Å²) in [7, 11) is 0. The van der Waals surface area contributed by atoms with Gasteiger partial charge in [0.25, 0.3) is 0 Å². The molecule has 1 heterocycles. The van der Waals surface area contributed by atoms with E-state index >= 15 is 0 Å². The van der Waals surface area contributed by atoms with Crippen molar-refractivity contribution in [1.29, 1.82) is 0 Å². The summed E-state index contributed by atoms with van der Waals surface area (Å²) in [5.74, 6) is -0.932. The molecule has 1 aromatic heterocycles. The lowest BCUT2D eigenvalue weighted by Crippen LogP contribution is -2.01. The second-order valence-electron chi connectivity index (χ2n) is 7.50. The zero-order chi connectivity index (χ0) is 21.8. The smallest absolute Gasteiger partial charge is 0.336 e. The predicted octanol–water partition coefficient (Wildman–Crippen LogP) is 5.99. The molecule has 0 aliphatic rings. The Balaban J connectivity index is 1.82. The Bertz CT molecular complexity index is 1340. The van der Waals surface area contributed by atoms with Gasteiger partial charge in [-0.15, -0.1) is 0 Å². The van der Waals surface area contributed by atoms with E-state index in [2.05, 4.69) is 23.1 Å². The van der Waals surface area contributed by atoms with Crippen LogP contribution in [0, 0.1) is 0 Å². The third kappa shape index (κ3) is 4.43. The van der Waals surface area contributed by atoms with E-state index in [1.165, 1.54) is 6.20 Å². The third-order valence-electron chi connectivity index (χ3n) is 5.22. The number of rotatable bonds is 7. The van der Waals surface area contributed by atoms with Crippen LogP contribution < -0.4 is 0 Å². The number of carboxylic acid groups (broad SMARTS) is 1. The summed E-state index contributed by atoms with van der Waals surface area (Å²) >= 11 is 0. The number of nitrogens with zero attached hydrogens (tertiary/aromatic N) is 2. The number of pyridine rings is 1. The predicted molar refractivity (Wildman–Crippen MR) is 127 cm³/mol. The molecule has 0 aliphatic carbocycles. The van der Waals surface area contributed by atoms with Crippen LogP contribution in [0.2, 0.25) is 0 Å². The van der Waals surface area contributed by atoms with Gasteiger partial charge < -0.3 is 5.11 Å². The first-order valence-corrected chi connectivity index (χ1v) is 9.97. The van der Waals surface area contributed by atoms with Gasteiger partial charge in [0.1, 0.15) is 0 Å². The number of allylic oxidation sites excluding steroid dienone is 1. The molecular weight excluding hydrogens is 384 g/mol. The largest absolute Gasteiger partial charge is 0.478 e. The third-order valence-corrected chi connectivity index (χ3v) is 5.22. The van der Waals surface area contributed by atoms with E-state index in [9.17, 15) is 9.90 Å². The fourth-order valence-electron chi connectivity index (χ4n) is 3.86. The number of hydrogen-bond donors (Lipinski definition) is 1. The highest BCUT2D eigenvalue weighted by atomic mass is 16.4. The molecule has 0 fully saturated rings. The van der Waals surface area contributed by atoms with E-state index in [0.717, 1.165) is 43.8 Å². The van der Waals surface area contributed by atoms with Gasteiger partial charge in [0, 0.05) is 24.8 Å². The second-order valence-corrected chi connectivity index (χ2v) is 7.50. The van der Waals surface area contributed by atoms with Crippen LogP contribution >= 0.6 is 0 Å². The first-order valence-electron chi connectivity index (χ1n) is 9.97. The standard InChI is InChI=1S/C27H22N2O2/c1-3-28-16-18(2)11-19-6-8-22-15-23-9-7-20(12-21-5-4-10-29-17-21)14-25(23)26(27(30)31)24(22)13-19/h3-10,13-17H,1-2,11-12H2,(H,30,31). The van der Waals surface area contributed by atoms with Crippen molar-refractivity contribution < 1.29 is 9.90 Å². The molecule has 4 aromatic rings. The quantitative estimate of drug-likeness (QED) is 0.303. The highest BCUT2D eigenvalue weighted by molar-refractivity contribution is 6.16.